The number of hydrogen-bond acceptors (Lipinski definition) is 5. The van der Waals surface area contributed by atoms with Crippen molar-refractivity contribution in [2.45, 2.75) is 25.3 Å². The van der Waals surface area contributed by atoms with Crippen molar-refractivity contribution in [2.24, 2.45) is 28.7 Å². The van der Waals surface area contributed by atoms with Crippen molar-refractivity contribution in [1.29, 1.82) is 0 Å². The molecule has 5 unspecified atom stereocenters. The summed E-state index contributed by atoms with van der Waals surface area (Å²) in [5, 5.41) is 6.65. The van der Waals surface area contributed by atoms with E-state index < -0.39 is 0 Å². The monoisotopic (exact) mass is 425 g/mol. The number of nitrogens with one attached hydrogen (secondary N) is 2. The van der Waals surface area contributed by atoms with E-state index in [4.69, 9.17) is 4.42 Å². The topological polar surface area (TPSA) is 90.2 Å². The molecule has 1 aromatic rings. The van der Waals surface area contributed by atoms with Crippen molar-refractivity contribution >= 4 is 17.8 Å². The van der Waals surface area contributed by atoms with E-state index in [9.17, 15) is 9.59 Å². The molecule has 2 bridgehead atoms. The highest BCUT2D eigenvalue weighted by atomic mass is 16.3. The third kappa shape index (κ3) is 3.67. The zero-order valence-corrected chi connectivity index (χ0v) is 18.0. The van der Waals surface area contributed by atoms with Crippen LogP contribution in [-0.2, 0) is 9.59 Å². The Balaban J connectivity index is 1.13. The maximum atomic E-state index is 12.8. The molecule has 0 radical (unpaired) electrons. The van der Waals surface area contributed by atoms with Crippen LogP contribution in [0.4, 0.5) is 0 Å². The number of rotatable bonds is 7. The first kappa shape index (κ1) is 20.3. The third-order valence-electron chi connectivity index (χ3n) is 7.33. The molecule has 3 fully saturated rings. The van der Waals surface area contributed by atoms with E-state index in [-0.39, 0.29) is 41.5 Å². The van der Waals surface area contributed by atoms with Gasteiger partial charge in [-0.05, 0) is 56.3 Å². The molecule has 3 heterocycles. The van der Waals surface area contributed by atoms with Crippen LogP contribution < -0.4 is 10.6 Å². The second-order valence-corrected chi connectivity index (χ2v) is 8.98. The Labute approximate surface area is 182 Å². The molecule has 2 N–H and O–H groups in total. The van der Waals surface area contributed by atoms with Crippen molar-refractivity contribution in [3.63, 3.8) is 0 Å². The predicted molar refractivity (Wildman–Crippen MR) is 116 cm³/mol. The Morgan fingerprint density at radius 3 is 2.48 bits per heavy atom. The Bertz CT molecular complexity index is 844. The Morgan fingerprint density at radius 2 is 1.87 bits per heavy atom. The fraction of sp³-hybridized carbons (Fsp3) is 0.609. The minimum atomic E-state index is -0.130. The van der Waals surface area contributed by atoms with Gasteiger partial charge in [0.15, 0.2) is 5.96 Å². The molecule has 5 rings (SSSR count). The third-order valence-corrected chi connectivity index (χ3v) is 7.33. The van der Waals surface area contributed by atoms with Gasteiger partial charge in [0.2, 0.25) is 11.8 Å². The number of imide groups is 1. The maximum Gasteiger partial charge on any atom is 0.233 e. The Morgan fingerprint density at radius 1 is 1.16 bits per heavy atom. The molecule has 166 valence electrons. The first-order valence-corrected chi connectivity index (χ1v) is 11.4. The number of guanidine groups is 1. The predicted octanol–water partition coefficient (Wildman–Crippen LogP) is 1.39. The van der Waals surface area contributed by atoms with Gasteiger partial charge >= 0.3 is 0 Å². The lowest BCUT2D eigenvalue weighted by molar-refractivity contribution is -0.140. The second-order valence-electron chi connectivity index (χ2n) is 8.98. The van der Waals surface area contributed by atoms with Crippen LogP contribution in [0.1, 0.15) is 31.1 Å². The van der Waals surface area contributed by atoms with Crippen LogP contribution in [0.15, 0.2) is 40.0 Å². The fourth-order valence-corrected chi connectivity index (χ4v) is 5.83. The fourth-order valence-electron chi connectivity index (χ4n) is 5.83. The molecule has 0 spiro atoms. The number of likely N-dealkylation sites (tertiary alicyclic amines) is 2. The van der Waals surface area contributed by atoms with Crippen LogP contribution in [0.3, 0.4) is 0 Å². The van der Waals surface area contributed by atoms with Gasteiger partial charge in [-0.2, -0.15) is 0 Å². The summed E-state index contributed by atoms with van der Waals surface area (Å²) in [6.07, 6.45) is 9.35. The van der Waals surface area contributed by atoms with Crippen LogP contribution in [0, 0.1) is 23.7 Å². The number of allylic oxidation sites excluding steroid dienone is 2. The number of carbonyl (C=O) groups is 2. The van der Waals surface area contributed by atoms with Crippen LogP contribution in [0.2, 0.25) is 0 Å². The van der Waals surface area contributed by atoms with Crippen LogP contribution in [-0.4, -0.2) is 67.3 Å². The van der Waals surface area contributed by atoms with Gasteiger partial charge in [0.25, 0.3) is 0 Å². The zero-order valence-electron chi connectivity index (χ0n) is 18.0. The van der Waals surface area contributed by atoms with Crippen LogP contribution in [0.5, 0.6) is 0 Å². The molecular formula is C23H31N5O3. The van der Waals surface area contributed by atoms with Crippen LogP contribution in [0.25, 0.3) is 0 Å². The summed E-state index contributed by atoms with van der Waals surface area (Å²) in [6, 6.07) is 4.09. The average Bonchev–Trinajstić information content (AvgIpc) is 3.59. The lowest BCUT2D eigenvalue weighted by Crippen LogP contribution is -2.45. The molecule has 4 aliphatic rings. The molecule has 1 saturated carbocycles. The van der Waals surface area contributed by atoms with Gasteiger partial charge in [0, 0.05) is 26.7 Å². The number of furan rings is 1. The summed E-state index contributed by atoms with van der Waals surface area (Å²) in [5.41, 5.74) is 0. The highest BCUT2D eigenvalue weighted by molar-refractivity contribution is 6.06. The van der Waals surface area contributed by atoms with Gasteiger partial charge in [-0.15, -0.1) is 0 Å². The molecule has 2 saturated heterocycles. The van der Waals surface area contributed by atoms with E-state index in [0.717, 1.165) is 25.3 Å². The number of nitrogens with zero attached hydrogens (tertiary/aromatic N) is 3. The number of carbonyl (C=O) groups excluding carboxylic acids is 2. The van der Waals surface area contributed by atoms with Gasteiger partial charge in [-0.3, -0.25) is 24.4 Å². The molecule has 31 heavy (non-hydrogen) atoms. The van der Waals surface area contributed by atoms with Gasteiger partial charge in [-0.1, -0.05) is 12.2 Å². The molecule has 0 aromatic carbocycles. The standard InChI is InChI=1S/C23H31N5O3/c1-24-23(26-14-17(18-5-4-12-31-18)27-9-2-3-10-27)25-8-11-28-21(29)19-15-6-7-16(13-15)20(19)22(28)30/h4-7,12,15-17,19-20H,2-3,8-11,13-14H2,1H3,(H2,24,25,26). The number of aliphatic imine (C=N–C) groups is 1. The van der Waals surface area contributed by atoms with Gasteiger partial charge in [0.1, 0.15) is 5.76 Å². The van der Waals surface area contributed by atoms with E-state index in [1.165, 1.54) is 17.7 Å². The van der Waals surface area contributed by atoms with E-state index in [1.54, 1.807) is 13.3 Å². The Kier molecular flexibility index (Phi) is 5.56. The van der Waals surface area contributed by atoms with E-state index in [1.807, 2.05) is 12.1 Å². The van der Waals surface area contributed by atoms with E-state index in [2.05, 4.69) is 32.7 Å². The molecule has 1 aromatic heterocycles. The van der Waals surface area contributed by atoms with Crippen LogP contribution >= 0.6 is 0 Å². The first-order chi connectivity index (χ1) is 15.2. The van der Waals surface area contributed by atoms with Crippen molar-refractivity contribution in [3.8, 4) is 0 Å². The molecule has 8 heteroatoms. The van der Waals surface area contributed by atoms with Crippen molar-refractivity contribution in [1.82, 2.24) is 20.4 Å². The number of fused-ring (bicyclic) bond motifs is 5. The molecular weight excluding hydrogens is 394 g/mol. The summed E-state index contributed by atoms with van der Waals surface area (Å²) < 4.78 is 5.68. The summed E-state index contributed by atoms with van der Waals surface area (Å²) in [4.78, 5) is 33.8. The number of amides is 2. The van der Waals surface area contributed by atoms with Crippen molar-refractivity contribution in [3.05, 3.63) is 36.3 Å². The highest BCUT2D eigenvalue weighted by Gasteiger charge is 2.58. The summed E-state index contributed by atoms with van der Waals surface area (Å²) in [7, 11) is 1.73. The summed E-state index contributed by atoms with van der Waals surface area (Å²) in [5.74, 6) is 1.87. The van der Waals surface area contributed by atoms with Gasteiger partial charge in [0.05, 0.1) is 24.1 Å². The second kappa shape index (κ2) is 8.49. The minimum absolute atomic E-state index is 0.00325. The van der Waals surface area contributed by atoms with Gasteiger partial charge in [-0.25, -0.2) is 0 Å². The van der Waals surface area contributed by atoms with Gasteiger partial charge < -0.3 is 15.1 Å². The Hall–Kier alpha value is -2.61. The van der Waals surface area contributed by atoms with Crippen molar-refractivity contribution < 1.29 is 14.0 Å². The maximum absolute atomic E-state index is 12.8. The largest absolute Gasteiger partial charge is 0.468 e. The zero-order chi connectivity index (χ0) is 21.4. The molecule has 2 amide bonds. The molecule has 2 aliphatic carbocycles. The molecule has 8 nitrogen and oxygen atoms in total. The normalized spacial score (nSPS) is 31.0. The average molecular weight is 426 g/mol. The van der Waals surface area contributed by atoms with E-state index >= 15 is 0 Å². The quantitative estimate of drug-likeness (QED) is 0.297. The summed E-state index contributed by atoms with van der Waals surface area (Å²) >= 11 is 0. The minimum Gasteiger partial charge on any atom is -0.468 e. The van der Waals surface area contributed by atoms with E-state index in [0.29, 0.717) is 25.6 Å². The smallest absolute Gasteiger partial charge is 0.233 e. The highest BCUT2D eigenvalue weighted by Crippen LogP contribution is 2.52. The van der Waals surface area contributed by atoms with Crippen molar-refractivity contribution in [2.75, 3.05) is 39.8 Å². The number of hydrogen-bond donors (Lipinski definition) is 2. The lowest BCUT2D eigenvalue weighted by Gasteiger charge is -2.27. The lowest BCUT2D eigenvalue weighted by atomic mass is 9.85. The SMILES string of the molecule is CN=C(NCCN1C(=O)C2C3C=CC(C3)C2C1=O)NCC(c1ccco1)N1CCCC1. The first-order valence-electron chi connectivity index (χ1n) is 11.4. The molecule has 5 atom stereocenters. The summed E-state index contributed by atoms with van der Waals surface area (Å²) in [6.45, 7) is 3.66. The molecule has 2 aliphatic heterocycles.